The number of allylic oxidation sites excluding steroid dienone is 6. The minimum atomic E-state index is -2.17. The average Bonchev–Trinajstić information content (AvgIpc) is 2.74. The van der Waals surface area contributed by atoms with Gasteiger partial charge in [-0.3, -0.25) is 0 Å². The summed E-state index contributed by atoms with van der Waals surface area (Å²) in [5.41, 5.74) is 2.66. The van der Waals surface area contributed by atoms with Gasteiger partial charge in [0, 0.05) is 0 Å². The monoisotopic (exact) mass is 948 g/mol. The Morgan fingerprint density at radius 3 is 0.620 bits per heavy atom. The van der Waals surface area contributed by atoms with Gasteiger partial charge in [-0.15, -0.1) is 0 Å². The van der Waals surface area contributed by atoms with Crippen molar-refractivity contribution in [1.29, 1.82) is 0 Å². The number of hydrogen-bond acceptors (Lipinski definition) is 2. The number of aliphatic hydroxyl groups is 2. The molecule has 0 aromatic rings. The van der Waals surface area contributed by atoms with Crippen LogP contribution in [0.25, 0.3) is 0 Å². The van der Waals surface area contributed by atoms with E-state index in [1.807, 2.05) is 13.8 Å². The van der Waals surface area contributed by atoms with Crippen molar-refractivity contribution in [1.82, 2.24) is 0 Å². The third-order valence-electron chi connectivity index (χ3n) is 11.3. The van der Waals surface area contributed by atoms with Crippen LogP contribution in [0.15, 0.2) is 34.8 Å². The van der Waals surface area contributed by atoms with E-state index in [1.54, 1.807) is 0 Å². The summed E-state index contributed by atoms with van der Waals surface area (Å²) in [6.45, 7) is 69.8. The molecular formula is C38H88Ge2O2Si8. The third-order valence-corrected chi connectivity index (χ3v) is 116. The van der Waals surface area contributed by atoms with Gasteiger partial charge in [-0.1, -0.05) is 0 Å². The van der Waals surface area contributed by atoms with Crippen LogP contribution >= 0.6 is 0 Å². The van der Waals surface area contributed by atoms with Gasteiger partial charge in [0.25, 0.3) is 0 Å². The molecule has 0 saturated heterocycles. The van der Waals surface area contributed by atoms with Crippen LogP contribution in [0.2, 0.25) is 183 Å². The van der Waals surface area contributed by atoms with Crippen LogP contribution in [0.3, 0.4) is 0 Å². The summed E-state index contributed by atoms with van der Waals surface area (Å²) in [7, 11) is -13.1. The van der Waals surface area contributed by atoms with Gasteiger partial charge in [0.05, 0.1) is 0 Å². The SMILES string of the molecule is CC(O)=C1C=CC(=C(C)O)[CH]([Ge]([CH]([Si](C)(C)C)[Si](C)(C)C)[CH]([Si](C)(C)C)[Si](C)(C)C)[CH]1[Ge]([CH]([Si](C)(C)C)[Si](C)(C)C)[CH]([Si](C)(C)C)[Si](C)(C)C. The Morgan fingerprint density at radius 2 is 0.520 bits per heavy atom. The van der Waals surface area contributed by atoms with E-state index in [-0.39, 0.29) is 0 Å². The van der Waals surface area contributed by atoms with Crippen LogP contribution in [0.5, 0.6) is 0 Å². The molecule has 0 aliphatic heterocycles. The molecule has 0 aromatic heterocycles. The fraction of sp³-hybridized carbons (Fsp3) is 0.842. The second-order valence-corrected chi connectivity index (χ2v) is 91.2. The second kappa shape index (κ2) is 16.2. The van der Waals surface area contributed by atoms with Crippen LogP contribution in [-0.2, 0) is 0 Å². The molecule has 2 nitrogen and oxygen atoms in total. The summed E-state index contributed by atoms with van der Waals surface area (Å²) in [5, 5.41) is 24.2. The van der Waals surface area contributed by atoms with Gasteiger partial charge in [0.1, 0.15) is 0 Å². The molecule has 2 unspecified atom stereocenters. The molecule has 0 bridgehead atoms. The zero-order valence-electron chi connectivity index (χ0n) is 38.5. The van der Waals surface area contributed by atoms with Crippen molar-refractivity contribution in [3.05, 3.63) is 34.8 Å². The summed E-state index contributed by atoms with van der Waals surface area (Å²) >= 11 is -4.33. The van der Waals surface area contributed by atoms with Gasteiger partial charge < -0.3 is 0 Å². The van der Waals surface area contributed by atoms with Crippen LogP contribution in [-0.4, -0.2) is 104 Å². The fourth-order valence-corrected chi connectivity index (χ4v) is 147. The summed E-state index contributed by atoms with van der Waals surface area (Å²) in [4.78, 5) is 0. The van der Waals surface area contributed by atoms with Gasteiger partial charge >= 0.3 is 335 Å². The molecule has 50 heavy (non-hydrogen) atoms. The molecule has 0 aromatic carbocycles. The second-order valence-electron chi connectivity index (χ2n) is 25.0. The van der Waals surface area contributed by atoms with Crippen molar-refractivity contribution in [2.24, 2.45) is 0 Å². The first kappa shape index (κ1) is 49.7. The Kier molecular flexibility index (Phi) is 16.1. The van der Waals surface area contributed by atoms with Crippen LogP contribution in [0, 0.1) is 0 Å². The molecule has 12 heteroatoms. The van der Waals surface area contributed by atoms with Gasteiger partial charge in [-0.2, -0.15) is 0 Å². The zero-order chi connectivity index (χ0) is 40.3. The van der Waals surface area contributed by atoms with Gasteiger partial charge in [-0.05, 0) is 0 Å². The van der Waals surface area contributed by atoms with Crippen LogP contribution in [0.1, 0.15) is 13.8 Å². The Bertz CT molecular complexity index is 1050. The maximum atomic E-state index is 12.1. The maximum absolute atomic E-state index is 12.1. The summed E-state index contributed by atoms with van der Waals surface area (Å²) in [6.07, 6.45) is 4.73. The van der Waals surface area contributed by atoms with Gasteiger partial charge in [0.2, 0.25) is 0 Å². The molecule has 1 aliphatic rings. The number of hydrogen-bond donors (Lipinski definition) is 2. The van der Waals surface area contributed by atoms with Crippen molar-refractivity contribution < 1.29 is 10.2 Å². The fourth-order valence-electron chi connectivity index (χ4n) is 12.4. The summed E-state index contributed by atoms with van der Waals surface area (Å²) in [5.74, 6) is 1.19. The van der Waals surface area contributed by atoms with Crippen molar-refractivity contribution in [2.75, 3.05) is 0 Å². The van der Waals surface area contributed by atoms with E-state index in [1.165, 1.54) is 11.1 Å². The molecule has 292 valence electrons. The molecule has 0 spiro atoms. The predicted molar refractivity (Wildman–Crippen MR) is 261 cm³/mol. The molecular weight excluding hydrogens is 858 g/mol. The topological polar surface area (TPSA) is 40.5 Å². The molecule has 0 amide bonds. The molecule has 2 radical (unpaired) electrons. The zero-order valence-corrected chi connectivity index (χ0v) is 50.7. The molecule has 0 fully saturated rings. The first-order valence-electron chi connectivity index (χ1n) is 19.8. The minimum absolute atomic E-state index is 0.453. The standard InChI is InChI=1S/C38H88Ge2O2Si8/c1-29(41)31-27-28-32(30(2)42)34(40(37(47(15,16)17)48(18,19)20)38(49(21,22)23)50(24,25)26)33(31)39(35(43(3,4)5)44(6,7)8)36(45(9,10)11)46(12,13)14/h27-28,33-38,41-42H,1-26H3. The van der Waals surface area contributed by atoms with Gasteiger partial charge in [0.15, 0.2) is 0 Å². The summed E-state index contributed by atoms with van der Waals surface area (Å²) in [6, 6.07) is 0. The van der Waals surface area contributed by atoms with E-state index in [0.717, 1.165) is 16.0 Å². The molecule has 2 N–H and O–H groups in total. The Hall–Kier alpha value is 1.64. The first-order chi connectivity index (χ1) is 21.6. The number of rotatable bonds is 14. The number of aliphatic hydroxyl groups excluding tert-OH is 2. The van der Waals surface area contributed by atoms with E-state index < -0.39 is 93.3 Å². The van der Waals surface area contributed by atoms with E-state index in [0.29, 0.717) is 21.0 Å². The van der Waals surface area contributed by atoms with Crippen LogP contribution < -0.4 is 0 Å². The van der Waals surface area contributed by atoms with E-state index in [2.05, 4.69) is 169 Å². The van der Waals surface area contributed by atoms with E-state index in [4.69, 9.17) is 0 Å². The molecule has 1 rings (SSSR count). The molecule has 0 saturated carbocycles. The van der Waals surface area contributed by atoms with Crippen molar-refractivity contribution >= 4 is 93.3 Å². The Labute approximate surface area is 332 Å². The summed E-state index contributed by atoms with van der Waals surface area (Å²) < 4.78 is 4.47. The van der Waals surface area contributed by atoms with Crippen molar-refractivity contribution in [2.45, 2.75) is 196 Å². The van der Waals surface area contributed by atoms with Crippen molar-refractivity contribution in [3.8, 4) is 0 Å². The first-order valence-corrected chi connectivity index (χ1v) is 55.7. The average molecular weight is 947 g/mol. The normalized spacial score (nSPS) is 21.8. The Balaban J connectivity index is 5.10. The van der Waals surface area contributed by atoms with E-state index in [9.17, 15) is 10.2 Å². The predicted octanol–water partition coefficient (Wildman–Crippen LogP) is 14.5. The molecule has 1 aliphatic carbocycles. The quantitative estimate of drug-likeness (QED) is 0.135. The van der Waals surface area contributed by atoms with Gasteiger partial charge in [-0.25, -0.2) is 0 Å². The van der Waals surface area contributed by atoms with E-state index >= 15 is 0 Å². The third kappa shape index (κ3) is 12.1. The molecule has 0 heterocycles. The van der Waals surface area contributed by atoms with Crippen LogP contribution in [0.4, 0.5) is 0 Å². The molecule has 2 atom stereocenters. The van der Waals surface area contributed by atoms with Crippen molar-refractivity contribution in [3.63, 3.8) is 0 Å². The Morgan fingerprint density at radius 1 is 0.380 bits per heavy atom.